The summed E-state index contributed by atoms with van der Waals surface area (Å²) in [6.45, 7) is 0.567. The third-order valence-electron chi connectivity index (χ3n) is 5.09. The van der Waals surface area contributed by atoms with E-state index in [0.717, 1.165) is 24.8 Å². The molecule has 1 amide bonds. The van der Waals surface area contributed by atoms with Gasteiger partial charge in [-0.15, -0.1) is 0 Å². The molecule has 150 valence electrons. The van der Waals surface area contributed by atoms with Crippen molar-refractivity contribution in [2.75, 3.05) is 6.54 Å². The fraction of sp³-hybridized carbons (Fsp3) is 0.333. The highest BCUT2D eigenvalue weighted by Gasteiger charge is 2.31. The lowest BCUT2D eigenvalue weighted by atomic mass is 10.0. The van der Waals surface area contributed by atoms with Crippen molar-refractivity contribution in [1.82, 2.24) is 19.4 Å². The highest BCUT2D eigenvalue weighted by Crippen LogP contribution is 2.31. The Morgan fingerprint density at radius 2 is 2.07 bits per heavy atom. The van der Waals surface area contributed by atoms with E-state index in [1.807, 2.05) is 24.3 Å². The highest BCUT2D eigenvalue weighted by atomic mass is 35.5. The number of halogens is 1. The highest BCUT2D eigenvalue weighted by molar-refractivity contribution is 6.31. The number of likely N-dealkylation sites (tertiary alicyclic amines) is 1. The van der Waals surface area contributed by atoms with Crippen molar-refractivity contribution in [1.29, 1.82) is 0 Å². The van der Waals surface area contributed by atoms with Crippen LogP contribution in [0.1, 0.15) is 42.5 Å². The molecule has 1 aliphatic rings. The summed E-state index contributed by atoms with van der Waals surface area (Å²) >= 11 is 6.24. The molecular weight excluding hydrogens is 392 g/mol. The van der Waals surface area contributed by atoms with Crippen molar-refractivity contribution in [2.45, 2.75) is 38.3 Å². The molecule has 7 nitrogen and oxygen atoms in total. The molecule has 3 heterocycles. The van der Waals surface area contributed by atoms with Crippen LogP contribution in [0.25, 0.3) is 0 Å². The van der Waals surface area contributed by atoms with E-state index >= 15 is 0 Å². The largest absolute Gasteiger partial charge is 0.443 e. The predicted molar refractivity (Wildman–Crippen MR) is 108 cm³/mol. The van der Waals surface area contributed by atoms with E-state index < -0.39 is 5.69 Å². The molecule has 1 aliphatic heterocycles. The molecule has 1 fully saturated rings. The van der Waals surface area contributed by atoms with Crippen molar-refractivity contribution >= 4 is 17.5 Å². The molecule has 3 aromatic rings. The van der Waals surface area contributed by atoms with Gasteiger partial charge in [-0.05, 0) is 37.0 Å². The first-order chi connectivity index (χ1) is 14.1. The van der Waals surface area contributed by atoms with Crippen LogP contribution in [0.4, 0.5) is 0 Å². The topological polar surface area (TPSA) is 81.2 Å². The first kappa shape index (κ1) is 19.4. The smallest absolute Gasteiger partial charge is 0.347 e. The third kappa shape index (κ3) is 4.40. The molecule has 0 spiro atoms. The Bertz CT molecular complexity index is 1060. The standard InChI is InChI=1S/C21H21ClN4O3/c22-17-7-2-1-6-15(17)12-16-13-24-20(29-16)18-8-3-4-11-26(18)19(27)14-25-10-5-9-23-21(25)28/h1-2,5-7,9-10,13,18H,3-4,8,11-12,14H2/t18-/m1/s1. The SMILES string of the molecule is O=C(Cn1cccnc1=O)N1CCCC[C@@H]1c1ncc(Cc2ccccc2Cl)o1. The number of benzene rings is 1. The van der Waals surface area contributed by atoms with Gasteiger partial charge in [0.05, 0.1) is 6.20 Å². The van der Waals surface area contributed by atoms with Crippen LogP contribution in [0.2, 0.25) is 5.02 Å². The minimum atomic E-state index is -0.437. The van der Waals surface area contributed by atoms with E-state index in [1.54, 1.807) is 23.4 Å². The Labute approximate surface area is 173 Å². The van der Waals surface area contributed by atoms with Gasteiger partial charge in [0.1, 0.15) is 18.3 Å². The van der Waals surface area contributed by atoms with Gasteiger partial charge in [-0.1, -0.05) is 29.8 Å². The molecule has 0 bridgehead atoms. The summed E-state index contributed by atoms with van der Waals surface area (Å²) in [7, 11) is 0. The van der Waals surface area contributed by atoms with E-state index in [-0.39, 0.29) is 18.5 Å². The van der Waals surface area contributed by atoms with E-state index in [0.29, 0.717) is 29.6 Å². The van der Waals surface area contributed by atoms with Crippen LogP contribution in [0.5, 0.6) is 0 Å². The van der Waals surface area contributed by atoms with Crippen molar-refractivity contribution in [2.24, 2.45) is 0 Å². The number of nitrogens with zero attached hydrogens (tertiary/aromatic N) is 4. The summed E-state index contributed by atoms with van der Waals surface area (Å²) < 4.78 is 7.30. The molecule has 0 radical (unpaired) electrons. The Hall–Kier alpha value is -2.93. The number of rotatable bonds is 5. The molecule has 29 heavy (non-hydrogen) atoms. The van der Waals surface area contributed by atoms with E-state index in [9.17, 15) is 9.59 Å². The van der Waals surface area contributed by atoms with Crippen LogP contribution >= 0.6 is 11.6 Å². The summed E-state index contributed by atoms with van der Waals surface area (Å²) in [5, 5.41) is 0.682. The summed E-state index contributed by atoms with van der Waals surface area (Å²) in [6.07, 6.45) is 7.90. The average molecular weight is 413 g/mol. The quantitative estimate of drug-likeness (QED) is 0.642. The first-order valence-electron chi connectivity index (χ1n) is 9.61. The lowest BCUT2D eigenvalue weighted by Crippen LogP contribution is -2.42. The number of hydrogen-bond donors (Lipinski definition) is 0. The van der Waals surface area contributed by atoms with E-state index in [2.05, 4.69) is 9.97 Å². The maximum absolute atomic E-state index is 12.9. The van der Waals surface area contributed by atoms with Gasteiger partial charge in [-0.3, -0.25) is 9.36 Å². The lowest BCUT2D eigenvalue weighted by Gasteiger charge is -2.33. The summed E-state index contributed by atoms with van der Waals surface area (Å²) in [6, 6.07) is 9.01. The number of aromatic nitrogens is 3. The molecule has 0 aliphatic carbocycles. The Balaban J connectivity index is 1.51. The Morgan fingerprint density at radius 1 is 1.21 bits per heavy atom. The molecule has 1 aromatic carbocycles. The normalized spacial score (nSPS) is 16.7. The van der Waals surface area contributed by atoms with Gasteiger partial charge in [0.15, 0.2) is 0 Å². The van der Waals surface area contributed by atoms with Gasteiger partial charge in [-0.25, -0.2) is 14.8 Å². The molecular formula is C21H21ClN4O3. The fourth-order valence-electron chi connectivity index (χ4n) is 3.62. The molecule has 0 unspecified atom stereocenters. The van der Waals surface area contributed by atoms with E-state index in [1.165, 1.54) is 10.8 Å². The second kappa shape index (κ2) is 8.61. The number of carbonyl (C=O) groups is 1. The van der Waals surface area contributed by atoms with Gasteiger partial charge >= 0.3 is 5.69 Å². The monoisotopic (exact) mass is 412 g/mol. The maximum Gasteiger partial charge on any atom is 0.347 e. The summed E-state index contributed by atoms with van der Waals surface area (Å²) in [4.78, 5) is 34.6. The molecule has 0 N–H and O–H groups in total. The molecule has 4 rings (SSSR count). The zero-order valence-corrected chi connectivity index (χ0v) is 16.6. The first-order valence-corrected chi connectivity index (χ1v) is 9.98. The lowest BCUT2D eigenvalue weighted by molar-refractivity contribution is -0.136. The van der Waals surface area contributed by atoms with Crippen molar-refractivity contribution in [3.63, 3.8) is 0 Å². The van der Waals surface area contributed by atoms with E-state index in [4.69, 9.17) is 16.0 Å². The zero-order valence-electron chi connectivity index (χ0n) is 15.8. The second-order valence-corrected chi connectivity index (χ2v) is 7.47. The molecule has 0 saturated carbocycles. The Kier molecular flexibility index (Phi) is 5.76. The summed E-state index contributed by atoms with van der Waals surface area (Å²) in [5.74, 6) is 1.09. The van der Waals surface area contributed by atoms with Crippen LogP contribution in [0, 0.1) is 0 Å². The number of oxazole rings is 1. The predicted octanol–water partition coefficient (Wildman–Crippen LogP) is 3.23. The van der Waals surface area contributed by atoms with Gasteiger partial charge in [-0.2, -0.15) is 0 Å². The molecule has 2 aromatic heterocycles. The fourth-order valence-corrected chi connectivity index (χ4v) is 3.82. The van der Waals surface area contributed by atoms with Crippen molar-refractivity contribution in [3.05, 3.63) is 81.6 Å². The second-order valence-electron chi connectivity index (χ2n) is 7.06. The van der Waals surface area contributed by atoms with Crippen LogP contribution in [-0.2, 0) is 17.8 Å². The summed E-state index contributed by atoms with van der Waals surface area (Å²) in [5.41, 5.74) is 0.525. The van der Waals surface area contributed by atoms with Gasteiger partial charge < -0.3 is 9.32 Å². The molecule has 1 atom stereocenters. The van der Waals surface area contributed by atoms with Crippen LogP contribution in [0.3, 0.4) is 0 Å². The Morgan fingerprint density at radius 3 is 2.90 bits per heavy atom. The van der Waals surface area contributed by atoms with Crippen molar-refractivity contribution in [3.8, 4) is 0 Å². The molecule has 8 heteroatoms. The van der Waals surface area contributed by atoms with Crippen LogP contribution in [0.15, 0.2) is 58.1 Å². The van der Waals surface area contributed by atoms with Gasteiger partial charge in [0, 0.05) is 30.4 Å². The average Bonchev–Trinajstić information content (AvgIpc) is 3.20. The minimum absolute atomic E-state index is 0.0453. The number of hydrogen-bond acceptors (Lipinski definition) is 5. The molecule has 1 saturated heterocycles. The van der Waals surface area contributed by atoms with Crippen LogP contribution < -0.4 is 5.69 Å². The maximum atomic E-state index is 12.9. The van der Waals surface area contributed by atoms with Gasteiger partial charge in [0.2, 0.25) is 11.8 Å². The third-order valence-corrected chi connectivity index (χ3v) is 5.46. The number of piperidine rings is 1. The minimum Gasteiger partial charge on any atom is -0.443 e. The number of carbonyl (C=O) groups excluding carboxylic acids is 1. The van der Waals surface area contributed by atoms with Crippen molar-refractivity contribution < 1.29 is 9.21 Å². The number of amides is 1. The zero-order chi connectivity index (χ0) is 20.2. The van der Waals surface area contributed by atoms with Gasteiger partial charge in [0.25, 0.3) is 0 Å². The van der Waals surface area contributed by atoms with Crippen LogP contribution in [-0.4, -0.2) is 31.9 Å².